The van der Waals surface area contributed by atoms with Crippen LogP contribution in [0.4, 0.5) is 0 Å². The maximum absolute atomic E-state index is 11.9. The third-order valence-electron chi connectivity index (χ3n) is 3.26. The maximum Gasteiger partial charge on any atom is 0.237 e. The Bertz CT molecular complexity index is 429. The van der Waals surface area contributed by atoms with Crippen LogP contribution in [0.25, 0.3) is 0 Å². The predicted molar refractivity (Wildman–Crippen MR) is 86.2 cm³/mol. The highest BCUT2D eigenvalue weighted by Gasteiger charge is 2.15. The lowest BCUT2D eigenvalue weighted by Gasteiger charge is -2.18. The number of benzene rings is 1. The highest BCUT2D eigenvalue weighted by molar-refractivity contribution is 5.81. The topological polar surface area (TPSA) is 64.4 Å². The van der Waals surface area contributed by atoms with Crippen LogP contribution >= 0.6 is 0 Å². The molecule has 0 fully saturated rings. The fourth-order valence-corrected chi connectivity index (χ4v) is 1.96. The number of carbonyl (C=O) groups is 1. The van der Waals surface area contributed by atoms with Gasteiger partial charge in [0.2, 0.25) is 5.91 Å². The highest BCUT2D eigenvalue weighted by atomic mass is 16.5. The van der Waals surface area contributed by atoms with Crippen molar-refractivity contribution in [3.8, 4) is 5.75 Å². The van der Waals surface area contributed by atoms with Crippen LogP contribution in [-0.4, -0.2) is 18.6 Å². The van der Waals surface area contributed by atoms with Gasteiger partial charge in [0.05, 0.1) is 18.7 Å². The Morgan fingerprint density at radius 1 is 1.24 bits per heavy atom. The fourth-order valence-electron chi connectivity index (χ4n) is 1.96. The molecule has 0 bridgehead atoms. The first-order valence-corrected chi connectivity index (χ1v) is 7.72. The summed E-state index contributed by atoms with van der Waals surface area (Å²) in [4.78, 5) is 11.9. The van der Waals surface area contributed by atoms with Crippen molar-refractivity contribution in [1.82, 2.24) is 5.32 Å². The van der Waals surface area contributed by atoms with Crippen LogP contribution in [0.2, 0.25) is 0 Å². The van der Waals surface area contributed by atoms with E-state index < -0.39 is 6.04 Å². The van der Waals surface area contributed by atoms with Gasteiger partial charge in [-0.25, -0.2) is 0 Å². The molecule has 1 rings (SSSR count). The minimum Gasteiger partial charge on any atom is -0.493 e. The van der Waals surface area contributed by atoms with E-state index in [2.05, 4.69) is 19.2 Å². The van der Waals surface area contributed by atoms with Gasteiger partial charge in [-0.15, -0.1) is 0 Å². The first-order chi connectivity index (χ1) is 9.93. The van der Waals surface area contributed by atoms with Crippen molar-refractivity contribution < 1.29 is 9.53 Å². The quantitative estimate of drug-likeness (QED) is 0.774. The van der Waals surface area contributed by atoms with Gasteiger partial charge in [0.25, 0.3) is 0 Å². The molecule has 1 aromatic carbocycles. The molecular weight excluding hydrogens is 264 g/mol. The molecule has 118 valence electrons. The average molecular weight is 292 g/mol. The molecule has 2 unspecified atom stereocenters. The molecule has 0 aliphatic carbocycles. The zero-order valence-corrected chi connectivity index (χ0v) is 13.6. The predicted octanol–water partition coefficient (Wildman–Crippen LogP) is 3.03. The molecule has 4 heteroatoms. The van der Waals surface area contributed by atoms with E-state index in [-0.39, 0.29) is 11.9 Å². The van der Waals surface area contributed by atoms with E-state index >= 15 is 0 Å². The molecule has 0 heterocycles. The molecule has 0 radical (unpaired) electrons. The second-order valence-corrected chi connectivity index (χ2v) is 5.90. The van der Waals surface area contributed by atoms with Crippen molar-refractivity contribution in [1.29, 1.82) is 0 Å². The molecule has 21 heavy (non-hydrogen) atoms. The van der Waals surface area contributed by atoms with Crippen LogP contribution < -0.4 is 15.8 Å². The molecular formula is C17H28N2O2. The van der Waals surface area contributed by atoms with Crippen molar-refractivity contribution in [2.45, 2.75) is 52.6 Å². The molecule has 1 amide bonds. The van der Waals surface area contributed by atoms with E-state index in [0.29, 0.717) is 18.9 Å². The van der Waals surface area contributed by atoms with Crippen molar-refractivity contribution in [2.24, 2.45) is 11.7 Å². The monoisotopic (exact) mass is 292 g/mol. The Hall–Kier alpha value is -1.55. The van der Waals surface area contributed by atoms with Crippen molar-refractivity contribution in [2.75, 3.05) is 6.61 Å². The Balaban J connectivity index is 2.54. The summed E-state index contributed by atoms with van der Waals surface area (Å²) in [6.07, 6.45) is 1.62. The summed E-state index contributed by atoms with van der Waals surface area (Å²) >= 11 is 0. The number of nitrogens with two attached hydrogens (primary N) is 1. The number of amides is 1. The Morgan fingerprint density at radius 3 is 2.38 bits per heavy atom. The lowest BCUT2D eigenvalue weighted by Crippen LogP contribution is -2.41. The lowest BCUT2D eigenvalue weighted by atomic mass is 10.1. The number of ether oxygens (including phenoxy) is 1. The molecule has 4 nitrogen and oxygen atoms in total. The first kappa shape index (κ1) is 17.5. The van der Waals surface area contributed by atoms with Crippen LogP contribution in [0.5, 0.6) is 5.75 Å². The first-order valence-electron chi connectivity index (χ1n) is 7.72. The van der Waals surface area contributed by atoms with E-state index in [1.165, 1.54) is 0 Å². The summed E-state index contributed by atoms with van der Waals surface area (Å²) in [5.74, 6) is 1.26. The van der Waals surface area contributed by atoms with Gasteiger partial charge in [0.1, 0.15) is 5.75 Å². The molecule has 0 saturated heterocycles. The lowest BCUT2D eigenvalue weighted by molar-refractivity contribution is -0.123. The van der Waals surface area contributed by atoms with Gasteiger partial charge in [-0.2, -0.15) is 0 Å². The van der Waals surface area contributed by atoms with Crippen molar-refractivity contribution in [3.05, 3.63) is 29.8 Å². The number of hydrogen-bond acceptors (Lipinski definition) is 3. The van der Waals surface area contributed by atoms with E-state index in [1.54, 1.807) is 0 Å². The molecule has 1 aromatic rings. The van der Waals surface area contributed by atoms with Gasteiger partial charge in [-0.05, 0) is 37.0 Å². The normalized spacial score (nSPS) is 13.8. The van der Waals surface area contributed by atoms with Crippen molar-refractivity contribution in [3.63, 3.8) is 0 Å². The molecule has 0 saturated carbocycles. The Kier molecular flexibility index (Phi) is 7.23. The van der Waals surface area contributed by atoms with Gasteiger partial charge in [0, 0.05) is 0 Å². The largest absolute Gasteiger partial charge is 0.493 e. The molecule has 0 spiro atoms. The van der Waals surface area contributed by atoms with Gasteiger partial charge in [-0.3, -0.25) is 4.79 Å². The van der Waals surface area contributed by atoms with E-state index in [9.17, 15) is 4.79 Å². The third-order valence-corrected chi connectivity index (χ3v) is 3.26. The van der Waals surface area contributed by atoms with Crippen LogP contribution in [0.15, 0.2) is 24.3 Å². The van der Waals surface area contributed by atoms with E-state index in [1.807, 2.05) is 38.1 Å². The van der Waals surface area contributed by atoms with Crippen LogP contribution in [0, 0.1) is 5.92 Å². The molecule has 2 atom stereocenters. The molecule has 3 N–H and O–H groups in total. The molecule has 0 aromatic heterocycles. The standard InChI is InChI=1S/C17H28N2O2/c1-5-6-16(18)17(20)19-13(4)14-7-9-15(10-8-14)21-11-12(2)3/h7-10,12-13,16H,5-6,11,18H2,1-4H3,(H,19,20). The summed E-state index contributed by atoms with van der Waals surface area (Å²) in [7, 11) is 0. The molecule has 0 aliphatic rings. The Labute approximate surface area is 128 Å². The summed E-state index contributed by atoms with van der Waals surface area (Å²) < 4.78 is 5.65. The Morgan fingerprint density at radius 2 is 1.86 bits per heavy atom. The van der Waals surface area contributed by atoms with Crippen molar-refractivity contribution >= 4 is 5.91 Å². The van der Waals surface area contributed by atoms with Gasteiger partial charge in [0.15, 0.2) is 0 Å². The van der Waals surface area contributed by atoms with E-state index in [0.717, 1.165) is 17.7 Å². The zero-order chi connectivity index (χ0) is 15.8. The van der Waals surface area contributed by atoms with Crippen LogP contribution in [0.1, 0.15) is 52.1 Å². The zero-order valence-electron chi connectivity index (χ0n) is 13.6. The highest BCUT2D eigenvalue weighted by Crippen LogP contribution is 2.18. The second kappa shape index (κ2) is 8.67. The van der Waals surface area contributed by atoms with Gasteiger partial charge >= 0.3 is 0 Å². The second-order valence-electron chi connectivity index (χ2n) is 5.90. The van der Waals surface area contributed by atoms with Crippen LogP contribution in [-0.2, 0) is 4.79 Å². The summed E-state index contributed by atoms with van der Waals surface area (Å²) in [5.41, 5.74) is 6.86. The maximum atomic E-state index is 11.9. The fraction of sp³-hybridized carbons (Fsp3) is 0.588. The third kappa shape index (κ3) is 6.17. The minimum absolute atomic E-state index is 0.0560. The van der Waals surface area contributed by atoms with Crippen LogP contribution in [0.3, 0.4) is 0 Å². The minimum atomic E-state index is -0.425. The number of hydrogen-bond donors (Lipinski definition) is 2. The van der Waals surface area contributed by atoms with E-state index in [4.69, 9.17) is 10.5 Å². The summed E-state index contributed by atoms with van der Waals surface area (Å²) in [6.45, 7) is 8.92. The SMILES string of the molecule is CCCC(N)C(=O)NC(C)c1ccc(OCC(C)C)cc1. The smallest absolute Gasteiger partial charge is 0.237 e. The summed E-state index contributed by atoms with van der Waals surface area (Å²) in [6, 6.07) is 7.35. The molecule has 0 aliphatic heterocycles. The van der Waals surface area contributed by atoms with Gasteiger partial charge < -0.3 is 15.8 Å². The number of nitrogens with one attached hydrogen (secondary N) is 1. The average Bonchev–Trinajstić information content (AvgIpc) is 2.45. The van der Waals surface area contributed by atoms with Gasteiger partial charge in [-0.1, -0.05) is 39.3 Å². The summed E-state index contributed by atoms with van der Waals surface area (Å²) in [5, 5.41) is 2.95. The number of carbonyl (C=O) groups excluding carboxylic acids is 1. The number of rotatable bonds is 8.